The van der Waals surface area contributed by atoms with E-state index in [2.05, 4.69) is 46.7 Å². The summed E-state index contributed by atoms with van der Waals surface area (Å²) in [4.78, 5) is 17.5. The highest BCUT2D eigenvalue weighted by molar-refractivity contribution is 7.16. The number of halogens is 1. The molecule has 6 heteroatoms. The summed E-state index contributed by atoms with van der Waals surface area (Å²) in [6, 6.07) is 20.6. The Morgan fingerprint density at radius 1 is 1.07 bits per heavy atom. The summed E-state index contributed by atoms with van der Waals surface area (Å²) < 4.78 is 2.80. The van der Waals surface area contributed by atoms with Crippen molar-refractivity contribution in [3.05, 3.63) is 99.7 Å². The molecule has 4 nitrogen and oxygen atoms in total. The summed E-state index contributed by atoms with van der Waals surface area (Å²) >= 11 is 7.48. The highest BCUT2D eigenvalue weighted by Crippen LogP contribution is 2.25. The number of carbonyl (C=O) groups excluding carboxylic acids is 1. The third-order valence-corrected chi connectivity index (χ3v) is 6.20. The van der Waals surface area contributed by atoms with Crippen LogP contribution in [0.4, 0.5) is 0 Å². The van der Waals surface area contributed by atoms with E-state index in [1.165, 1.54) is 16.9 Å². The summed E-state index contributed by atoms with van der Waals surface area (Å²) in [5, 5.41) is 3.05. The van der Waals surface area contributed by atoms with Gasteiger partial charge >= 0.3 is 0 Å². The lowest BCUT2D eigenvalue weighted by Gasteiger charge is -2.12. The van der Waals surface area contributed by atoms with E-state index in [1.54, 1.807) is 6.20 Å². The van der Waals surface area contributed by atoms with E-state index in [1.807, 2.05) is 41.4 Å². The van der Waals surface area contributed by atoms with Gasteiger partial charge in [0.15, 0.2) is 0 Å². The van der Waals surface area contributed by atoms with Crippen molar-refractivity contribution < 1.29 is 4.79 Å². The Labute approximate surface area is 185 Å². The van der Waals surface area contributed by atoms with Crippen LogP contribution in [0.15, 0.2) is 79.4 Å². The molecule has 0 atom stereocenters. The lowest BCUT2D eigenvalue weighted by Crippen LogP contribution is -2.23. The van der Waals surface area contributed by atoms with Crippen LogP contribution in [0.2, 0.25) is 4.34 Å². The minimum Gasteiger partial charge on any atom is -0.352 e. The number of imidazole rings is 1. The summed E-state index contributed by atoms with van der Waals surface area (Å²) in [5.41, 5.74) is 4.60. The first-order chi connectivity index (χ1) is 14.7. The molecule has 2 aromatic carbocycles. The zero-order valence-corrected chi connectivity index (χ0v) is 18.0. The van der Waals surface area contributed by atoms with Crippen LogP contribution >= 0.6 is 22.9 Å². The van der Waals surface area contributed by atoms with Gasteiger partial charge in [-0.05, 0) is 40.8 Å². The Bertz CT molecular complexity index is 1100. The molecular formula is C24H22ClN3OS. The lowest BCUT2D eigenvalue weighted by molar-refractivity contribution is -0.121. The number of aromatic nitrogens is 2. The summed E-state index contributed by atoms with van der Waals surface area (Å²) in [5.74, 6) is 0.0463. The number of hydrogen-bond donors (Lipinski definition) is 1. The molecule has 4 rings (SSSR count). The molecule has 0 aliphatic rings. The number of hydrogen-bond acceptors (Lipinski definition) is 3. The first-order valence-corrected chi connectivity index (χ1v) is 11.0. The highest BCUT2D eigenvalue weighted by Gasteiger charge is 2.08. The van der Waals surface area contributed by atoms with Crippen LogP contribution in [0, 0.1) is 0 Å². The van der Waals surface area contributed by atoms with Crippen molar-refractivity contribution in [1.82, 2.24) is 14.9 Å². The molecule has 0 saturated carbocycles. The van der Waals surface area contributed by atoms with Crippen molar-refractivity contribution in [1.29, 1.82) is 0 Å². The number of nitrogens with zero attached hydrogens (tertiary/aromatic N) is 2. The van der Waals surface area contributed by atoms with Gasteiger partial charge in [0.2, 0.25) is 5.91 Å². The quantitative estimate of drug-likeness (QED) is 0.393. The molecule has 1 amide bonds. The summed E-state index contributed by atoms with van der Waals surface area (Å²) in [6.07, 6.45) is 6.73. The van der Waals surface area contributed by atoms with Crippen molar-refractivity contribution in [3.8, 4) is 11.1 Å². The second kappa shape index (κ2) is 9.74. The van der Waals surface area contributed by atoms with E-state index in [9.17, 15) is 4.79 Å². The number of aryl methyl sites for hydroxylation is 1. The molecule has 30 heavy (non-hydrogen) atoms. The maximum atomic E-state index is 12.3. The van der Waals surface area contributed by atoms with Crippen molar-refractivity contribution >= 4 is 28.8 Å². The van der Waals surface area contributed by atoms with Crippen molar-refractivity contribution in [2.45, 2.75) is 25.9 Å². The molecule has 1 N–H and O–H groups in total. The number of thiophene rings is 1. The minimum absolute atomic E-state index is 0.0463. The van der Waals surface area contributed by atoms with Crippen LogP contribution in [0.25, 0.3) is 11.1 Å². The first kappa shape index (κ1) is 20.4. The third-order valence-electron chi connectivity index (χ3n) is 4.91. The van der Waals surface area contributed by atoms with E-state index in [4.69, 9.17) is 11.6 Å². The highest BCUT2D eigenvalue weighted by atomic mass is 35.5. The molecule has 0 spiro atoms. The minimum atomic E-state index is 0.0463. The zero-order chi connectivity index (χ0) is 20.8. The van der Waals surface area contributed by atoms with Crippen LogP contribution < -0.4 is 5.32 Å². The topological polar surface area (TPSA) is 46.9 Å². The molecule has 0 aliphatic carbocycles. The third kappa shape index (κ3) is 5.38. The van der Waals surface area contributed by atoms with Gasteiger partial charge in [-0.3, -0.25) is 4.79 Å². The predicted octanol–water partition coefficient (Wildman–Crippen LogP) is 5.56. The van der Waals surface area contributed by atoms with Crippen LogP contribution in [-0.2, 0) is 24.3 Å². The SMILES string of the molecule is O=C(CCc1ccc(Cl)s1)NCc1ccccc1-c1ccc(Cn2ccnc2)cc1. The molecule has 0 saturated heterocycles. The monoisotopic (exact) mass is 435 g/mol. The molecule has 2 heterocycles. The number of carbonyl (C=O) groups is 1. The Morgan fingerprint density at radius 3 is 2.63 bits per heavy atom. The lowest BCUT2D eigenvalue weighted by atomic mass is 9.98. The van der Waals surface area contributed by atoms with Gasteiger partial charge in [-0.2, -0.15) is 0 Å². The molecule has 0 aliphatic heterocycles. The Balaban J connectivity index is 1.37. The fraction of sp³-hybridized carbons (Fsp3) is 0.167. The number of nitrogens with one attached hydrogen (secondary N) is 1. The number of amides is 1. The molecule has 2 aromatic heterocycles. The summed E-state index contributed by atoms with van der Waals surface area (Å²) in [6.45, 7) is 1.31. The average Bonchev–Trinajstić information content (AvgIpc) is 3.43. The van der Waals surface area contributed by atoms with E-state index < -0.39 is 0 Å². The van der Waals surface area contributed by atoms with Gasteiger partial charge < -0.3 is 9.88 Å². The van der Waals surface area contributed by atoms with Gasteiger partial charge in [-0.15, -0.1) is 11.3 Å². The van der Waals surface area contributed by atoms with Crippen LogP contribution in [0.1, 0.15) is 22.4 Å². The Kier molecular flexibility index (Phi) is 6.62. The van der Waals surface area contributed by atoms with E-state index in [0.29, 0.717) is 19.4 Å². The van der Waals surface area contributed by atoms with E-state index in [-0.39, 0.29) is 5.91 Å². The van der Waals surface area contributed by atoms with Crippen molar-refractivity contribution in [2.75, 3.05) is 0 Å². The standard InChI is InChI=1S/C24H22ClN3OS/c25-23-11-9-21(30-23)10-12-24(29)27-15-20-3-1-2-4-22(20)19-7-5-18(6-8-19)16-28-14-13-26-17-28/h1-9,11,13-14,17H,10,12,15-16H2,(H,27,29). The number of rotatable bonds is 8. The average molecular weight is 436 g/mol. The van der Waals surface area contributed by atoms with E-state index in [0.717, 1.165) is 32.4 Å². The van der Waals surface area contributed by atoms with Crippen LogP contribution in [0.3, 0.4) is 0 Å². The maximum Gasteiger partial charge on any atom is 0.220 e. The molecule has 0 fully saturated rings. The van der Waals surface area contributed by atoms with Crippen molar-refractivity contribution in [2.24, 2.45) is 0 Å². The molecule has 4 aromatic rings. The maximum absolute atomic E-state index is 12.3. The van der Waals surface area contributed by atoms with Crippen molar-refractivity contribution in [3.63, 3.8) is 0 Å². The zero-order valence-electron chi connectivity index (χ0n) is 16.4. The fourth-order valence-corrected chi connectivity index (χ4v) is 4.43. The normalized spacial score (nSPS) is 10.8. The van der Waals surface area contributed by atoms with Gasteiger partial charge in [-0.1, -0.05) is 60.1 Å². The molecule has 152 valence electrons. The second-order valence-corrected chi connectivity index (χ2v) is 8.87. The first-order valence-electron chi connectivity index (χ1n) is 9.81. The van der Waals surface area contributed by atoms with E-state index >= 15 is 0 Å². The van der Waals surface area contributed by atoms with Gasteiger partial charge in [0.05, 0.1) is 10.7 Å². The van der Waals surface area contributed by atoms with Gasteiger partial charge in [0, 0.05) is 36.8 Å². The predicted molar refractivity (Wildman–Crippen MR) is 123 cm³/mol. The molecular weight excluding hydrogens is 414 g/mol. The Hall–Kier alpha value is -2.89. The Morgan fingerprint density at radius 2 is 1.90 bits per heavy atom. The van der Waals surface area contributed by atoms with Crippen LogP contribution in [0.5, 0.6) is 0 Å². The molecule has 0 radical (unpaired) electrons. The largest absolute Gasteiger partial charge is 0.352 e. The van der Waals surface area contributed by atoms with Gasteiger partial charge in [0.25, 0.3) is 0 Å². The van der Waals surface area contributed by atoms with Gasteiger partial charge in [0.1, 0.15) is 0 Å². The number of benzene rings is 2. The smallest absolute Gasteiger partial charge is 0.220 e. The second-order valence-electron chi connectivity index (χ2n) is 7.07. The molecule has 0 bridgehead atoms. The fourth-order valence-electron chi connectivity index (χ4n) is 3.34. The molecule has 0 unspecified atom stereocenters. The summed E-state index contributed by atoms with van der Waals surface area (Å²) in [7, 11) is 0. The van der Waals surface area contributed by atoms with Gasteiger partial charge in [-0.25, -0.2) is 4.98 Å². The van der Waals surface area contributed by atoms with Crippen LogP contribution in [-0.4, -0.2) is 15.5 Å².